The first-order valence-electron chi connectivity index (χ1n) is 10.0. The molecule has 0 spiro atoms. The molecular weight excluding hydrogens is 324 g/mol. The van der Waals surface area contributed by atoms with E-state index >= 15 is 0 Å². The molecule has 3 N–H and O–H groups in total. The van der Waals surface area contributed by atoms with Gasteiger partial charge in [-0.15, -0.1) is 0 Å². The zero-order valence-corrected chi connectivity index (χ0v) is 15.9. The van der Waals surface area contributed by atoms with E-state index in [9.17, 15) is 9.59 Å². The van der Waals surface area contributed by atoms with E-state index in [1.807, 2.05) is 32.0 Å². The Morgan fingerprint density at radius 2 is 1.58 bits per heavy atom. The van der Waals surface area contributed by atoms with Gasteiger partial charge in [-0.05, 0) is 86.8 Å². The van der Waals surface area contributed by atoms with Gasteiger partial charge in [0, 0.05) is 11.8 Å². The third-order valence-electron chi connectivity index (χ3n) is 7.22. The average Bonchev–Trinajstić information content (AvgIpc) is 2.55. The SMILES string of the molecule is Cc1cccc(C)c1C[C@@H](NC(=O)C12CC3CC(CC(C3)C1)C2)C(N)=O. The molecule has 4 saturated carbocycles. The number of carbonyl (C=O) groups is 2. The van der Waals surface area contributed by atoms with E-state index < -0.39 is 11.9 Å². The van der Waals surface area contributed by atoms with Gasteiger partial charge in [-0.3, -0.25) is 9.59 Å². The first-order chi connectivity index (χ1) is 12.4. The van der Waals surface area contributed by atoms with Crippen LogP contribution in [0.15, 0.2) is 18.2 Å². The van der Waals surface area contributed by atoms with Crippen LogP contribution in [0, 0.1) is 37.0 Å². The summed E-state index contributed by atoms with van der Waals surface area (Å²) >= 11 is 0. The number of nitrogens with one attached hydrogen (secondary N) is 1. The summed E-state index contributed by atoms with van der Waals surface area (Å²) in [6.07, 6.45) is 7.38. The van der Waals surface area contributed by atoms with Crippen LogP contribution >= 0.6 is 0 Å². The molecule has 1 atom stereocenters. The monoisotopic (exact) mass is 354 g/mol. The fourth-order valence-corrected chi connectivity index (χ4v) is 6.30. The van der Waals surface area contributed by atoms with Gasteiger partial charge in [0.15, 0.2) is 0 Å². The van der Waals surface area contributed by atoms with Gasteiger partial charge in [-0.25, -0.2) is 0 Å². The van der Waals surface area contributed by atoms with Crippen molar-refractivity contribution in [1.29, 1.82) is 0 Å². The number of aryl methyl sites for hydroxylation is 2. The molecule has 140 valence electrons. The molecule has 4 aliphatic carbocycles. The van der Waals surface area contributed by atoms with Crippen LogP contribution in [0.3, 0.4) is 0 Å². The summed E-state index contributed by atoms with van der Waals surface area (Å²) in [6.45, 7) is 4.09. The fourth-order valence-electron chi connectivity index (χ4n) is 6.30. The predicted octanol–water partition coefficient (Wildman–Crippen LogP) is 3.03. The number of nitrogens with two attached hydrogens (primary N) is 1. The molecule has 0 aliphatic heterocycles. The van der Waals surface area contributed by atoms with Crippen LogP contribution in [0.5, 0.6) is 0 Å². The Bertz CT molecular complexity index is 684. The zero-order valence-electron chi connectivity index (χ0n) is 15.9. The number of primary amides is 1. The van der Waals surface area contributed by atoms with Crippen molar-refractivity contribution in [2.24, 2.45) is 28.9 Å². The van der Waals surface area contributed by atoms with E-state index in [1.165, 1.54) is 19.3 Å². The van der Waals surface area contributed by atoms with Crippen molar-refractivity contribution in [2.45, 2.75) is 64.8 Å². The van der Waals surface area contributed by atoms with Crippen LogP contribution < -0.4 is 11.1 Å². The lowest BCUT2D eigenvalue weighted by Crippen LogP contribution is -2.57. The summed E-state index contributed by atoms with van der Waals surface area (Å²) in [5.74, 6) is 1.75. The molecule has 1 aromatic carbocycles. The lowest BCUT2D eigenvalue weighted by atomic mass is 9.49. The molecular formula is C22H30N2O2. The van der Waals surface area contributed by atoms with Crippen molar-refractivity contribution in [3.8, 4) is 0 Å². The molecule has 4 fully saturated rings. The van der Waals surface area contributed by atoms with E-state index in [4.69, 9.17) is 5.73 Å². The van der Waals surface area contributed by atoms with Crippen molar-refractivity contribution in [3.63, 3.8) is 0 Å². The Hall–Kier alpha value is -1.84. The number of hydrogen-bond donors (Lipinski definition) is 2. The quantitative estimate of drug-likeness (QED) is 0.853. The van der Waals surface area contributed by atoms with E-state index in [2.05, 4.69) is 5.32 Å². The molecule has 0 unspecified atom stereocenters. The van der Waals surface area contributed by atoms with Crippen molar-refractivity contribution in [1.82, 2.24) is 5.32 Å². The smallest absolute Gasteiger partial charge is 0.240 e. The lowest BCUT2D eigenvalue weighted by molar-refractivity contribution is -0.148. The maximum absolute atomic E-state index is 13.3. The number of carbonyl (C=O) groups excluding carboxylic acids is 2. The van der Waals surface area contributed by atoms with Gasteiger partial charge >= 0.3 is 0 Å². The van der Waals surface area contributed by atoms with Crippen LogP contribution in [0.25, 0.3) is 0 Å². The molecule has 1 aromatic rings. The largest absolute Gasteiger partial charge is 0.368 e. The Balaban J connectivity index is 1.52. The van der Waals surface area contributed by atoms with Gasteiger partial charge in [0.25, 0.3) is 0 Å². The molecule has 4 bridgehead atoms. The molecule has 5 rings (SSSR count). The molecule has 26 heavy (non-hydrogen) atoms. The van der Waals surface area contributed by atoms with E-state index in [-0.39, 0.29) is 11.3 Å². The first-order valence-corrected chi connectivity index (χ1v) is 10.0. The van der Waals surface area contributed by atoms with Crippen molar-refractivity contribution in [3.05, 3.63) is 34.9 Å². The lowest BCUT2D eigenvalue weighted by Gasteiger charge is -2.55. The van der Waals surface area contributed by atoms with Gasteiger partial charge in [-0.1, -0.05) is 18.2 Å². The average molecular weight is 354 g/mol. The number of hydrogen-bond acceptors (Lipinski definition) is 2. The zero-order chi connectivity index (χ0) is 18.5. The normalized spacial score (nSPS) is 33.1. The second kappa shape index (κ2) is 6.40. The first kappa shape index (κ1) is 17.6. The molecule has 0 aromatic heterocycles. The Labute approximate surface area is 155 Å². The molecule has 0 radical (unpaired) electrons. The number of amides is 2. The number of rotatable bonds is 5. The van der Waals surface area contributed by atoms with Crippen LogP contribution in [0.4, 0.5) is 0 Å². The maximum atomic E-state index is 13.3. The Morgan fingerprint density at radius 1 is 1.08 bits per heavy atom. The summed E-state index contributed by atoms with van der Waals surface area (Å²) in [7, 11) is 0. The highest BCUT2D eigenvalue weighted by atomic mass is 16.2. The molecule has 2 amide bonds. The predicted molar refractivity (Wildman–Crippen MR) is 101 cm³/mol. The van der Waals surface area contributed by atoms with Crippen LogP contribution in [-0.2, 0) is 16.0 Å². The molecule has 4 aliphatic rings. The summed E-state index contributed by atoms with van der Waals surface area (Å²) in [6, 6.07) is 5.47. The standard InChI is InChI=1S/C22H30N2O2/c1-13-4-3-5-14(2)18(13)9-19(20(23)25)24-21(26)22-10-15-6-16(11-22)8-17(7-15)12-22/h3-5,15-17,19H,6-12H2,1-2H3,(H2,23,25)(H,24,26)/t15?,16?,17?,19-,22?/m1/s1. The van der Waals surface area contributed by atoms with Gasteiger partial charge in [-0.2, -0.15) is 0 Å². The van der Waals surface area contributed by atoms with Crippen LogP contribution in [0.1, 0.15) is 55.2 Å². The molecule has 4 nitrogen and oxygen atoms in total. The highest BCUT2D eigenvalue weighted by Crippen LogP contribution is 2.60. The van der Waals surface area contributed by atoms with Crippen LogP contribution in [0.2, 0.25) is 0 Å². The fraction of sp³-hybridized carbons (Fsp3) is 0.636. The Kier molecular flexibility index (Phi) is 4.32. The third kappa shape index (κ3) is 3.04. The van der Waals surface area contributed by atoms with E-state index in [1.54, 1.807) is 0 Å². The van der Waals surface area contributed by atoms with Gasteiger partial charge in [0.2, 0.25) is 11.8 Å². The summed E-state index contributed by atoms with van der Waals surface area (Å²) < 4.78 is 0. The van der Waals surface area contributed by atoms with Gasteiger partial charge < -0.3 is 11.1 Å². The van der Waals surface area contributed by atoms with Crippen LogP contribution in [-0.4, -0.2) is 17.9 Å². The second-order valence-electron chi connectivity index (χ2n) is 9.20. The van der Waals surface area contributed by atoms with E-state index in [0.29, 0.717) is 24.2 Å². The molecule has 0 heterocycles. The number of benzene rings is 1. The minimum Gasteiger partial charge on any atom is -0.368 e. The van der Waals surface area contributed by atoms with E-state index in [0.717, 1.165) is 36.0 Å². The highest BCUT2D eigenvalue weighted by molar-refractivity contribution is 5.90. The maximum Gasteiger partial charge on any atom is 0.240 e. The summed E-state index contributed by atoms with van der Waals surface area (Å²) in [4.78, 5) is 25.3. The minimum absolute atomic E-state index is 0.0756. The highest BCUT2D eigenvalue weighted by Gasteiger charge is 2.54. The molecule has 4 heteroatoms. The molecule has 0 saturated heterocycles. The third-order valence-corrected chi connectivity index (χ3v) is 7.22. The van der Waals surface area contributed by atoms with Crippen molar-refractivity contribution in [2.75, 3.05) is 0 Å². The second-order valence-corrected chi connectivity index (χ2v) is 9.20. The minimum atomic E-state index is -0.629. The summed E-state index contributed by atoms with van der Waals surface area (Å²) in [5.41, 5.74) is 8.82. The van der Waals surface area contributed by atoms with Crippen molar-refractivity contribution < 1.29 is 9.59 Å². The van der Waals surface area contributed by atoms with Gasteiger partial charge in [0.05, 0.1) is 0 Å². The van der Waals surface area contributed by atoms with Crippen molar-refractivity contribution >= 4 is 11.8 Å². The topological polar surface area (TPSA) is 72.2 Å². The summed E-state index contributed by atoms with van der Waals surface area (Å²) in [5, 5.41) is 3.06. The Morgan fingerprint density at radius 3 is 2.04 bits per heavy atom. The van der Waals surface area contributed by atoms with Gasteiger partial charge in [0.1, 0.15) is 6.04 Å².